The summed E-state index contributed by atoms with van der Waals surface area (Å²) in [5.74, 6) is 0.971. The quantitative estimate of drug-likeness (QED) is 0.405. The van der Waals surface area contributed by atoms with E-state index in [1.165, 1.54) is 5.56 Å². The molecule has 0 radical (unpaired) electrons. The van der Waals surface area contributed by atoms with Gasteiger partial charge in [-0.15, -0.1) is 0 Å². The number of carbonyl (C=O) groups excluding carboxylic acids is 2. The zero-order valence-electron chi connectivity index (χ0n) is 19.8. The van der Waals surface area contributed by atoms with Crippen molar-refractivity contribution < 1.29 is 19.1 Å². The van der Waals surface area contributed by atoms with E-state index in [-0.39, 0.29) is 18.4 Å². The van der Waals surface area contributed by atoms with Gasteiger partial charge in [0.2, 0.25) is 5.91 Å². The van der Waals surface area contributed by atoms with Gasteiger partial charge in [-0.3, -0.25) is 9.59 Å². The van der Waals surface area contributed by atoms with Crippen LogP contribution in [0.3, 0.4) is 0 Å². The van der Waals surface area contributed by atoms with Gasteiger partial charge in [-0.05, 0) is 48.7 Å². The number of benzene rings is 3. The maximum absolute atomic E-state index is 12.7. The van der Waals surface area contributed by atoms with Crippen molar-refractivity contribution in [2.24, 2.45) is 0 Å². The Labute approximate surface area is 200 Å². The summed E-state index contributed by atoms with van der Waals surface area (Å²) in [4.78, 5) is 25.0. The molecule has 0 aliphatic carbocycles. The Bertz CT molecular complexity index is 1110. The third kappa shape index (κ3) is 7.00. The predicted molar refractivity (Wildman–Crippen MR) is 134 cm³/mol. The SMILES string of the molecule is COc1ccc(CCNC(=O)CNc2ccccc2C(=O)NCc2ccc(C)cc2)cc1OC. The number of anilines is 1. The number of rotatable bonds is 11. The molecule has 7 nitrogen and oxygen atoms in total. The first-order chi connectivity index (χ1) is 16.5. The molecule has 178 valence electrons. The molecule has 0 bridgehead atoms. The van der Waals surface area contributed by atoms with Gasteiger partial charge in [-0.1, -0.05) is 48.0 Å². The molecular weight excluding hydrogens is 430 g/mol. The molecule has 2 amide bonds. The number of carbonyl (C=O) groups is 2. The van der Waals surface area contributed by atoms with Crippen molar-refractivity contribution in [1.82, 2.24) is 10.6 Å². The fourth-order valence-electron chi connectivity index (χ4n) is 3.44. The third-order valence-electron chi connectivity index (χ3n) is 5.37. The highest BCUT2D eigenvalue weighted by molar-refractivity contribution is 6.00. The van der Waals surface area contributed by atoms with Gasteiger partial charge < -0.3 is 25.4 Å². The van der Waals surface area contributed by atoms with Gasteiger partial charge in [0.05, 0.1) is 26.3 Å². The van der Waals surface area contributed by atoms with Crippen LogP contribution in [0.25, 0.3) is 0 Å². The molecule has 7 heteroatoms. The molecule has 3 rings (SSSR count). The number of amides is 2. The fraction of sp³-hybridized carbons (Fsp3) is 0.259. The standard InChI is InChI=1S/C27H31N3O4/c1-19-8-10-21(11-9-19)17-30-27(32)22-6-4-5-7-23(22)29-18-26(31)28-15-14-20-12-13-24(33-2)25(16-20)34-3/h4-13,16,29H,14-15,17-18H2,1-3H3,(H,28,31)(H,30,32). The van der Waals surface area contributed by atoms with E-state index in [0.29, 0.717) is 42.3 Å². The summed E-state index contributed by atoms with van der Waals surface area (Å²) in [6.07, 6.45) is 0.657. The lowest BCUT2D eigenvalue weighted by molar-refractivity contribution is -0.119. The highest BCUT2D eigenvalue weighted by atomic mass is 16.5. The number of nitrogens with one attached hydrogen (secondary N) is 3. The minimum atomic E-state index is -0.197. The molecule has 0 saturated heterocycles. The number of hydrogen-bond donors (Lipinski definition) is 3. The van der Waals surface area contributed by atoms with Crippen molar-refractivity contribution in [2.75, 3.05) is 32.6 Å². The Morgan fingerprint density at radius 2 is 1.53 bits per heavy atom. The average molecular weight is 462 g/mol. The molecule has 0 saturated carbocycles. The van der Waals surface area contributed by atoms with E-state index in [2.05, 4.69) is 16.0 Å². The monoisotopic (exact) mass is 461 g/mol. The molecule has 0 atom stereocenters. The first kappa shape index (κ1) is 24.6. The van der Waals surface area contributed by atoms with Crippen LogP contribution >= 0.6 is 0 Å². The molecule has 3 aromatic rings. The topological polar surface area (TPSA) is 88.7 Å². The van der Waals surface area contributed by atoms with E-state index in [1.54, 1.807) is 32.4 Å². The van der Waals surface area contributed by atoms with Crippen LogP contribution in [0.5, 0.6) is 11.5 Å². The van der Waals surface area contributed by atoms with Crippen molar-refractivity contribution in [2.45, 2.75) is 19.9 Å². The number of aryl methyl sites for hydroxylation is 1. The zero-order valence-corrected chi connectivity index (χ0v) is 19.8. The molecule has 0 unspecified atom stereocenters. The summed E-state index contributed by atoms with van der Waals surface area (Å²) in [6, 6.07) is 20.9. The average Bonchev–Trinajstić information content (AvgIpc) is 2.87. The summed E-state index contributed by atoms with van der Waals surface area (Å²) in [5.41, 5.74) is 4.33. The van der Waals surface area contributed by atoms with Gasteiger partial charge in [-0.2, -0.15) is 0 Å². The summed E-state index contributed by atoms with van der Waals surface area (Å²) in [5, 5.41) is 8.90. The summed E-state index contributed by atoms with van der Waals surface area (Å²) >= 11 is 0. The molecule has 0 aliphatic heterocycles. The van der Waals surface area contributed by atoms with Gasteiger partial charge in [0.1, 0.15) is 0 Å². The molecule has 0 fully saturated rings. The van der Waals surface area contributed by atoms with E-state index in [9.17, 15) is 9.59 Å². The van der Waals surface area contributed by atoms with Gasteiger partial charge in [-0.25, -0.2) is 0 Å². The normalized spacial score (nSPS) is 10.3. The first-order valence-electron chi connectivity index (χ1n) is 11.1. The van der Waals surface area contributed by atoms with Crippen LogP contribution in [-0.2, 0) is 17.8 Å². The van der Waals surface area contributed by atoms with E-state index in [0.717, 1.165) is 11.1 Å². The fourth-order valence-corrected chi connectivity index (χ4v) is 3.44. The molecule has 0 spiro atoms. The summed E-state index contributed by atoms with van der Waals surface area (Å²) in [6.45, 7) is 3.00. The van der Waals surface area contributed by atoms with Crippen molar-refractivity contribution >= 4 is 17.5 Å². The van der Waals surface area contributed by atoms with Crippen LogP contribution in [0, 0.1) is 6.92 Å². The second-order valence-corrected chi connectivity index (χ2v) is 7.86. The Hall–Kier alpha value is -4.00. The van der Waals surface area contributed by atoms with E-state index in [4.69, 9.17) is 9.47 Å². The van der Waals surface area contributed by atoms with Crippen molar-refractivity contribution in [1.29, 1.82) is 0 Å². The molecule has 3 N–H and O–H groups in total. The highest BCUT2D eigenvalue weighted by Crippen LogP contribution is 2.27. The minimum absolute atomic E-state index is 0.0637. The molecular formula is C27H31N3O4. The van der Waals surface area contributed by atoms with Crippen LogP contribution in [0.2, 0.25) is 0 Å². The third-order valence-corrected chi connectivity index (χ3v) is 5.37. The lowest BCUT2D eigenvalue weighted by Crippen LogP contribution is -2.32. The number of hydrogen-bond acceptors (Lipinski definition) is 5. The minimum Gasteiger partial charge on any atom is -0.493 e. The lowest BCUT2D eigenvalue weighted by Gasteiger charge is -2.13. The first-order valence-corrected chi connectivity index (χ1v) is 11.1. The van der Waals surface area contributed by atoms with Crippen LogP contribution in [-0.4, -0.2) is 39.1 Å². The predicted octanol–water partition coefficient (Wildman–Crippen LogP) is 3.71. The van der Waals surface area contributed by atoms with Crippen LogP contribution < -0.4 is 25.4 Å². The lowest BCUT2D eigenvalue weighted by atomic mass is 10.1. The Morgan fingerprint density at radius 1 is 0.824 bits per heavy atom. The van der Waals surface area contributed by atoms with Crippen molar-refractivity contribution in [3.8, 4) is 11.5 Å². The Morgan fingerprint density at radius 3 is 2.26 bits per heavy atom. The van der Waals surface area contributed by atoms with Gasteiger partial charge in [0.15, 0.2) is 11.5 Å². The van der Waals surface area contributed by atoms with Crippen LogP contribution in [0.1, 0.15) is 27.0 Å². The Balaban J connectivity index is 1.48. The Kier molecular flexibility index (Phi) is 8.91. The van der Waals surface area contributed by atoms with Crippen LogP contribution in [0.4, 0.5) is 5.69 Å². The second-order valence-electron chi connectivity index (χ2n) is 7.86. The van der Waals surface area contributed by atoms with Gasteiger partial charge in [0, 0.05) is 18.8 Å². The molecule has 0 aromatic heterocycles. The molecule has 34 heavy (non-hydrogen) atoms. The van der Waals surface area contributed by atoms with Crippen molar-refractivity contribution in [3.63, 3.8) is 0 Å². The summed E-state index contributed by atoms with van der Waals surface area (Å²) in [7, 11) is 3.19. The van der Waals surface area contributed by atoms with Gasteiger partial charge >= 0.3 is 0 Å². The number of ether oxygens (including phenoxy) is 2. The van der Waals surface area contributed by atoms with Crippen LogP contribution in [0.15, 0.2) is 66.7 Å². The smallest absolute Gasteiger partial charge is 0.253 e. The maximum atomic E-state index is 12.7. The number of para-hydroxylation sites is 1. The largest absolute Gasteiger partial charge is 0.493 e. The zero-order chi connectivity index (χ0) is 24.3. The molecule has 0 aliphatic rings. The second kappa shape index (κ2) is 12.3. The van der Waals surface area contributed by atoms with E-state index >= 15 is 0 Å². The molecule has 0 heterocycles. The van der Waals surface area contributed by atoms with Gasteiger partial charge in [0.25, 0.3) is 5.91 Å². The maximum Gasteiger partial charge on any atom is 0.253 e. The molecule has 3 aromatic carbocycles. The number of methoxy groups -OCH3 is 2. The highest BCUT2D eigenvalue weighted by Gasteiger charge is 2.12. The van der Waals surface area contributed by atoms with E-state index < -0.39 is 0 Å². The van der Waals surface area contributed by atoms with E-state index in [1.807, 2.05) is 55.5 Å². The van der Waals surface area contributed by atoms with Crippen molar-refractivity contribution in [3.05, 3.63) is 89.0 Å². The summed E-state index contributed by atoms with van der Waals surface area (Å²) < 4.78 is 10.6.